The summed E-state index contributed by atoms with van der Waals surface area (Å²) in [6.45, 7) is 5.59. The lowest BCUT2D eigenvalue weighted by Crippen LogP contribution is -2.45. The van der Waals surface area contributed by atoms with Gasteiger partial charge >= 0.3 is 0 Å². The van der Waals surface area contributed by atoms with E-state index in [2.05, 4.69) is 15.2 Å². The number of benzene rings is 1. The quantitative estimate of drug-likeness (QED) is 0.806. The van der Waals surface area contributed by atoms with E-state index in [-0.39, 0.29) is 11.8 Å². The summed E-state index contributed by atoms with van der Waals surface area (Å²) >= 11 is 0. The standard InChI is InChI=1S/C22H26N4O3/c1-16(21(27)23-10-9-17-5-3-2-4-6-17)26-15-18-7-8-19(24-20(18)22(26)28)25-11-13-29-14-12-25/h2-8,16H,9-15H2,1H3,(H,23,27)/t16-/m1/s1. The fourth-order valence-electron chi connectivity index (χ4n) is 3.73. The van der Waals surface area contributed by atoms with Gasteiger partial charge in [0.05, 0.1) is 13.2 Å². The van der Waals surface area contributed by atoms with Crippen LogP contribution in [0.4, 0.5) is 5.82 Å². The van der Waals surface area contributed by atoms with Gasteiger partial charge in [-0.15, -0.1) is 0 Å². The van der Waals surface area contributed by atoms with E-state index in [1.165, 1.54) is 5.56 Å². The maximum Gasteiger partial charge on any atom is 0.273 e. The Morgan fingerprint density at radius 3 is 2.69 bits per heavy atom. The minimum absolute atomic E-state index is 0.143. The molecule has 0 saturated carbocycles. The number of fused-ring (bicyclic) bond motifs is 1. The Kier molecular flexibility index (Phi) is 5.76. The van der Waals surface area contributed by atoms with Crippen LogP contribution in [0.2, 0.25) is 0 Å². The largest absolute Gasteiger partial charge is 0.378 e. The molecule has 4 rings (SSSR count). The van der Waals surface area contributed by atoms with E-state index < -0.39 is 6.04 Å². The van der Waals surface area contributed by atoms with Crippen LogP contribution in [-0.4, -0.2) is 60.6 Å². The third-order valence-electron chi connectivity index (χ3n) is 5.51. The number of rotatable bonds is 6. The highest BCUT2D eigenvalue weighted by Crippen LogP contribution is 2.26. The molecule has 152 valence electrons. The highest BCUT2D eigenvalue weighted by atomic mass is 16.5. The Bertz CT molecular complexity index is 881. The van der Waals surface area contributed by atoms with Crippen molar-refractivity contribution >= 4 is 17.6 Å². The second kappa shape index (κ2) is 8.61. The number of nitrogens with zero attached hydrogens (tertiary/aromatic N) is 3. The Hall–Kier alpha value is -2.93. The first kappa shape index (κ1) is 19.4. The first-order valence-corrected chi connectivity index (χ1v) is 10.1. The second-order valence-electron chi connectivity index (χ2n) is 7.41. The molecule has 1 atom stereocenters. The predicted octanol–water partition coefficient (Wildman–Crippen LogP) is 1.62. The third-order valence-corrected chi connectivity index (χ3v) is 5.51. The zero-order valence-electron chi connectivity index (χ0n) is 16.6. The average molecular weight is 394 g/mol. The number of carbonyl (C=O) groups excluding carboxylic acids is 2. The zero-order valence-corrected chi connectivity index (χ0v) is 16.6. The number of hydrogen-bond donors (Lipinski definition) is 1. The van der Waals surface area contributed by atoms with Crippen molar-refractivity contribution in [2.24, 2.45) is 0 Å². The van der Waals surface area contributed by atoms with Gasteiger partial charge in [0.1, 0.15) is 17.6 Å². The normalized spacial score (nSPS) is 17.2. The molecule has 1 aromatic carbocycles. The molecule has 2 aromatic rings. The van der Waals surface area contributed by atoms with E-state index in [1.54, 1.807) is 11.8 Å². The minimum Gasteiger partial charge on any atom is -0.378 e. The van der Waals surface area contributed by atoms with Crippen LogP contribution >= 0.6 is 0 Å². The molecule has 2 amide bonds. The molecule has 1 saturated heterocycles. The van der Waals surface area contributed by atoms with E-state index in [4.69, 9.17) is 4.74 Å². The molecule has 1 fully saturated rings. The third kappa shape index (κ3) is 4.24. The van der Waals surface area contributed by atoms with Crippen LogP contribution in [0.1, 0.15) is 28.5 Å². The van der Waals surface area contributed by atoms with Crippen LogP contribution in [0.5, 0.6) is 0 Å². The fraction of sp³-hybridized carbons (Fsp3) is 0.409. The molecule has 0 aliphatic carbocycles. The lowest BCUT2D eigenvalue weighted by molar-refractivity contribution is -0.125. The Balaban J connectivity index is 1.37. The van der Waals surface area contributed by atoms with Crippen LogP contribution in [-0.2, 0) is 22.5 Å². The van der Waals surface area contributed by atoms with E-state index in [9.17, 15) is 9.59 Å². The van der Waals surface area contributed by atoms with Crippen LogP contribution in [0.3, 0.4) is 0 Å². The van der Waals surface area contributed by atoms with Gasteiger partial charge in [-0.2, -0.15) is 0 Å². The average Bonchev–Trinajstić information content (AvgIpc) is 3.10. The summed E-state index contributed by atoms with van der Waals surface area (Å²) in [5.41, 5.74) is 2.50. The Morgan fingerprint density at radius 1 is 1.17 bits per heavy atom. The van der Waals surface area contributed by atoms with Gasteiger partial charge in [-0.25, -0.2) is 4.98 Å². The van der Waals surface area contributed by atoms with Gasteiger partial charge in [0, 0.05) is 31.7 Å². The number of amides is 2. The molecule has 0 unspecified atom stereocenters. The van der Waals surface area contributed by atoms with Crippen LogP contribution in [0.25, 0.3) is 0 Å². The van der Waals surface area contributed by atoms with Crippen molar-refractivity contribution in [3.05, 3.63) is 59.3 Å². The van der Waals surface area contributed by atoms with Gasteiger partial charge in [-0.3, -0.25) is 9.59 Å². The topological polar surface area (TPSA) is 74.8 Å². The van der Waals surface area contributed by atoms with Crippen molar-refractivity contribution in [1.29, 1.82) is 0 Å². The minimum atomic E-state index is -0.542. The number of aromatic nitrogens is 1. The molecule has 0 radical (unpaired) electrons. The molecule has 7 heteroatoms. The smallest absolute Gasteiger partial charge is 0.273 e. The lowest BCUT2D eigenvalue weighted by Gasteiger charge is -2.27. The molecule has 3 heterocycles. The molecule has 29 heavy (non-hydrogen) atoms. The van der Waals surface area contributed by atoms with E-state index in [0.29, 0.717) is 32.0 Å². The highest BCUT2D eigenvalue weighted by molar-refractivity contribution is 5.99. The van der Waals surface area contributed by atoms with Gasteiger partial charge in [0.25, 0.3) is 5.91 Å². The number of pyridine rings is 1. The lowest BCUT2D eigenvalue weighted by atomic mass is 10.1. The molecule has 7 nitrogen and oxygen atoms in total. The highest BCUT2D eigenvalue weighted by Gasteiger charge is 2.35. The summed E-state index contributed by atoms with van der Waals surface area (Å²) < 4.78 is 5.38. The van der Waals surface area contributed by atoms with Crippen LogP contribution < -0.4 is 10.2 Å². The van der Waals surface area contributed by atoms with E-state index >= 15 is 0 Å². The van der Waals surface area contributed by atoms with Crippen molar-refractivity contribution in [1.82, 2.24) is 15.2 Å². The molecule has 2 aliphatic heterocycles. The summed E-state index contributed by atoms with van der Waals surface area (Å²) in [6.07, 6.45) is 0.762. The molecule has 2 aliphatic rings. The number of carbonyl (C=O) groups is 2. The molecule has 0 spiro atoms. The van der Waals surface area contributed by atoms with Crippen molar-refractivity contribution in [2.45, 2.75) is 25.9 Å². The molecular weight excluding hydrogens is 368 g/mol. The number of nitrogens with one attached hydrogen (secondary N) is 1. The monoisotopic (exact) mass is 394 g/mol. The number of morpholine rings is 1. The zero-order chi connectivity index (χ0) is 20.2. The number of hydrogen-bond acceptors (Lipinski definition) is 5. The van der Waals surface area contributed by atoms with Crippen LogP contribution in [0.15, 0.2) is 42.5 Å². The predicted molar refractivity (Wildman–Crippen MR) is 110 cm³/mol. The van der Waals surface area contributed by atoms with Gasteiger partial charge in [-0.1, -0.05) is 36.4 Å². The molecule has 1 aromatic heterocycles. The van der Waals surface area contributed by atoms with Crippen molar-refractivity contribution < 1.29 is 14.3 Å². The first-order valence-electron chi connectivity index (χ1n) is 10.1. The van der Waals surface area contributed by atoms with Gasteiger partial charge in [-0.05, 0) is 25.0 Å². The van der Waals surface area contributed by atoms with E-state index in [1.807, 2.05) is 42.5 Å². The van der Waals surface area contributed by atoms with Crippen molar-refractivity contribution in [2.75, 3.05) is 37.7 Å². The summed E-state index contributed by atoms with van der Waals surface area (Å²) in [5, 5.41) is 2.94. The van der Waals surface area contributed by atoms with Gasteiger partial charge in [0.15, 0.2) is 0 Å². The van der Waals surface area contributed by atoms with Crippen molar-refractivity contribution in [3.63, 3.8) is 0 Å². The number of anilines is 1. The van der Waals surface area contributed by atoms with Gasteiger partial charge < -0.3 is 19.9 Å². The maximum atomic E-state index is 12.9. The Labute approximate surface area is 170 Å². The molecule has 0 bridgehead atoms. The van der Waals surface area contributed by atoms with Crippen LogP contribution in [0, 0.1) is 0 Å². The maximum absolute atomic E-state index is 12.9. The molecule has 1 N–H and O–H groups in total. The molecular formula is C22H26N4O3. The summed E-state index contributed by atoms with van der Waals surface area (Å²) in [7, 11) is 0. The number of ether oxygens (including phenoxy) is 1. The Morgan fingerprint density at radius 2 is 1.93 bits per heavy atom. The fourth-order valence-corrected chi connectivity index (χ4v) is 3.73. The van der Waals surface area contributed by atoms with Gasteiger partial charge in [0.2, 0.25) is 5.91 Å². The summed E-state index contributed by atoms with van der Waals surface area (Å²) in [6, 6.07) is 13.4. The van der Waals surface area contributed by atoms with Crippen molar-refractivity contribution in [3.8, 4) is 0 Å². The SMILES string of the molecule is C[C@H](C(=O)NCCc1ccccc1)N1Cc2ccc(N3CCOCC3)nc2C1=O. The first-order chi connectivity index (χ1) is 14.1. The second-order valence-corrected chi connectivity index (χ2v) is 7.41. The summed E-state index contributed by atoms with van der Waals surface area (Å²) in [5.74, 6) is 0.471. The van der Waals surface area contributed by atoms with E-state index in [0.717, 1.165) is 30.9 Å². The summed E-state index contributed by atoms with van der Waals surface area (Å²) in [4.78, 5) is 33.8.